The summed E-state index contributed by atoms with van der Waals surface area (Å²) in [4.78, 5) is 14.1. The number of rotatable bonds is 4. The summed E-state index contributed by atoms with van der Waals surface area (Å²) in [6.07, 6.45) is 3.62. The van der Waals surface area contributed by atoms with Crippen LogP contribution >= 0.6 is 0 Å². The SMILES string of the molecule is CCCC(C)C(=O)N1CCC(=NO)C(CC)C1. The van der Waals surface area contributed by atoms with Crippen LogP contribution in [0.15, 0.2) is 5.16 Å². The summed E-state index contributed by atoms with van der Waals surface area (Å²) in [5, 5.41) is 12.2. The van der Waals surface area contributed by atoms with Gasteiger partial charge >= 0.3 is 0 Å². The second-order valence-electron chi connectivity index (χ2n) is 4.92. The Morgan fingerprint density at radius 1 is 1.59 bits per heavy atom. The number of hydrogen-bond donors (Lipinski definition) is 1. The predicted octanol–water partition coefficient (Wildman–Crippen LogP) is 2.51. The lowest BCUT2D eigenvalue weighted by molar-refractivity contribution is -0.135. The second-order valence-corrected chi connectivity index (χ2v) is 4.92. The van der Waals surface area contributed by atoms with Gasteiger partial charge in [-0.05, 0) is 12.8 Å². The first-order chi connectivity index (χ1) is 8.13. The second kappa shape index (κ2) is 6.62. The third-order valence-corrected chi connectivity index (χ3v) is 3.63. The number of hydrogen-bond acceptors (Lipinski definition) is 3. The molecule has 0 saturated carbocycles. The first-order valence-electron chi connectivity index (χ1n) is 6.63. The van der Waals surface area contributed by atoms with Crippen molar-refractivity contribution in [1.29, 1.82) is 0 Å². The van der Waals surface area contributed by atoms with E-state index in [1.807, 2.05) is 11.8 Å². The normalized spacial score (nSPS) is 25.0. The van der Waals surface area contributed by atoms with Crippen molar-refractivity contribution in [3.8, 4) is 0 Å². The van der Waals surface area contributed by atoms with Crippen LogP contribution in [0.5, 0.6) is 0 Å². The molecule has 1 amide bonds. The van der Waals surface area contributed by atoms with Crippen molar-refractivity contribution in [3.63, 3.8) is 0 Å². The average molecular weight is 240 g/mol. The van der Waals surface area contributed by atoms with E-state index >= 15 is 0 Å². The molecule has 1 saturated heterocycles. The van der Waals surface area contributed by atoms with E-state index in [0.717, 1.165) is 25.0 Å². The Kier molecular flexibility index (Phi) is 5.45. The van der Waals surface area contributed by atoms with Gasteiger partial charge in [-0.2, -0.15) is 0 Å². The molecule has 1 fully saturated rings. The maximum atomic E-state index is 12.2. The van der Waals surface area contributed by atoms with Crippen molar-refractivity contribution in [2.45, 2.75) is 46.5 Å². The van der Waals surface area contributed by atoms with Crippen LogP contribution in [0, 0.1) is 11.8 Å². The zero-order chi connectivity index (χ0) is 12.8. The van der Waals surface area contributed by atoms with E-state index in [2.05, 4.69) is 19.0 Å². The van der Waals surface area contributed by atoms with E-state index in [9.17, 15) is 4.79 Å². The van der Waals surface area contributed by atoms with Crippen LogP contribution in [0.25, 0.3) is 0 Å². The first-order valence-corrected chi connectivity index (χ1v) is 6.63. The number of carbonyl (C=O) groups is 1. The number of carbonyl (C=O) groups excluding carboxylic acids is 1. The molecule has 4 heteroatoms. The van der Waals surface area contributed by atoms with Gasteiger partial charge in [0.2, 0.25) is 5.91 Å². The Labute approximate surface area is 104 Å². The topological polar surface area (TPSA) is 52.9 Å². The predicted molar refractivity (Wildman–Crippen MR) is 68.3 cm³/mol. The van der Waals surface area contributed by atoms with Gasteiger partial charge in [-0.25, -0.2) is 0 Å². The number of piperidine rings is 1. The monoisotopic (exact) mass is 240 g/mol. The van der Waals surface area contributed by atoms with Crippen molar-refractivity contribution in [2.24, 2.45) is 17.0 Å². The minimum absolute atomic E-state index is 0.116. The molecule has 1 rings (SSSR count). The fraction of sp³-hybridized carbons (Fsp3) is 0.846. The Hall–Kier alpha value is -1.06. The molecule has 2 atom stereocenters. The van der Waals surface area contributed by atoms with Gasteiger partial charge in [-0.1, -0.05) is 32.3 Å². The highest BCUT2D eigenvalue weighted by Gasteiger charge is 2.29. The molecule has 0 aromatic rings. The molecule has 17 heavy (non-hydrogen) atoms. The minimum atomic E-state index is 0.116. The van der Waals surface area contributed by atoms with E-state index < -0.39 is 0 Å². The molecule has 98 valence electrons. The van der Waals surface area contributed by atoms with Crippen molar-refractivity contribution in [1.82, 2.24) is 4.90 Å². The zero-order valence-corrected chi connectivity index (χ0v) is 11.1. The zero-order valence-electron chi connectivity index (χ0n) is 11.1. The molecule has 1 aliphatic rings. The molecule has 4 nitrogen and oxygen atoms in total. The van der Waals surface area contributed by atoms with E-state index in [-0.39, 0.29) is 17.7 Å². The van der Waals surface area contributed by atoms with Crippen LogP contribution in [-0.4, -0.2) is 34.8 Å². The largest absolute Gasteiger partial charge is 0.411 e. The van der Waals surface area contributed by atoms with E-state index in [4.69, 9.17) is 5.21 Å². The minimum Gasteiger partial charge on any atom is -0.411 e. The van der Waals surface area contributed by atoms with Gasteiger partial charge in [-0.15, -0.1) is 0 Å². The van der Waals surface area contributed by atoms with Gasteiger partial charge in [0, 0.05) is 31.3 Å². The van der Waals surface area contributed by atoms with Gasteiger partial charge < -0.3 is 10.1 Å². The molecule has 0 bridgehead atoms. The number of oxime groups is 1. The molecule has 0 spiro atoms. The standard InChI is InChI=1S/C13H24N2O2/c1-4-6-10(3)13(16)15-8-7-12(14-17)11(5-2)9-15/h10-11,17H,4-9H2,1-3H3. The third kappa shape index (κ3) is 3.45. The number of amides is 1. The molecule has 0 aliphatic carbocycles. The third-order valence-electron chi connectivity index (χ3n) is 3.63. The summed E-state index contributed by atoms with van der Waals surface area (Å²) in [5.41, 5.74) is 0.847. The Balaban J connectivity index is 2.60. The van der Waals surface area contributed by atoms with Gasteiger partial charge in [0.15, 0.2) is 0 Å². The van der Waals surface area contributed by atoms with Crippen molar-refractivity contribution < 1.29 is 10.0 Å². The first kappa shape index (κ1) is 14.0. The Bertz CT molecular complexity index is 289. The summed E-state index contributed by atoms with van der Waals surface area (Å²) in [5.74, 6) is 0.596. The van der Waals surface area contributed by atoms with Gasteiger partial charge in [0.25, 0.3) is 0 Å². The lowest BCUT2D eigenvalue weighted by atomic mass is 9.92. The highest BCUT2D eigenvalue weighted by Crippen LogP contribution is 2.20. The van der Waals surface area contributed by atoms with Gasteiger partial charge in [0.1, 0.15) is 0 Å². The fourth-order valence-corrected chi connectivity index (χ4v) is 2.48. The van der Waals surface area contributed by atoms with Crippen LogP contribution in [-0.2, 0) is 4.79 Å². The molecular formula is C13H24N2O2. The Morgan fingerprint density at radius 2 is 2.29 bits per heavy atom. The molecule has 1 heterocycles. The Morgan fingerprint density at radius 3 is 2.82 bits per heavy atom. The van der Waals surface area contributed by atoms with Crippen LogP contribution in [0.2, 0.25) is 0 Å². The van der Waals surface area contributed by atoms with Gasteiger partial charge in [-0.3, -0.25) is 4.79 Å². The molecule has 0 aromatic heterocycles. The maximum absolute atomic E-state index is 12.2. The summed E-state index contributed by atoms with van der Waals surface area (Å²) in [6, 6.07) is 0. The van der Waals surface area contributed by atoms with Crippen molar-refractivity contribution in [2.75, 3.05) is 13.1 Å². The highest BCUT2D eigenvalue weighted by atomic mass is 16.4. The molecule has 1 aliphatic heterocycles. The molecule has 1 N–H and O–H groups in total. The average Bonchev–Trinajstić information content (AvgIpc) is 2.37. The smallest absolute Gasteiger partial charge is 0.225 e. The molecule has 0 radical (unpaired) electrons. The van der Waals surface area contributed by atoms with Crippen LogP contribution in [0.3, 0.4) is 0 Å². The number of likely N-dealkylation sites (tertiary alicyclic amines) is 1. The van der Waals surface area contributed by atoms with Crippen LogP contribution < -0.4 is 0 Å². The summed E-state index contributed by atoms with van der Waals surface area (Å²) in [7, 11) is 0. The van der Waals surface area contributed by atoms with E-state index in [1.54, 1.807) is 0 Å². The summed E-state index contributed by atoms with van der Waals surface area (Å²) < 4.78 is 0. The molecular weight excluding hydrogens is 216 g/mol. The van der Waals surface area contributed by atoms with Crippen LogP contribution in [0.4, 0.5) is 0 Å². The molecule has 0 aromatic carbocycles. The van der Waals surface area contributed by atoms with Crippen LogP contribution in [0.1, 0.15) is 46.5 Å². The summed E-state index contributed by atoms with van der Waals surface area (Å²) in [6.45, 7) is 7.58. The summed E-state index contributed by atoms with van der Waals surface area (Å²) >= 11 is 0. The van der Waals surface area contributed by atoms with E-state index in [0.29, 0.717) is 19.5 Å². The quantitative estimate of drug-likeness (QED) is 0.606. The maximum Gasteiger partial charge on any atom is 0.225 e. The van der Waals surface area contributed by atoms with E-state index in [1.165, 1.54) is 0 Å². The highest BCUT2D eigenvalue weighted by molar-refractivity contribution is 5.89. The lowest BCUT2D eigenvalue weighted by Gasteiger charge is -2.34. The fourth-order valence-electron chi connectivity index (χ4n) is 2.48. The van der Waals surface area contributed by atoms with Crippen molar-refractivity contribution >= 4 is 11.6 Å². The van der Waals surface area contributed by atoms with Gasteiger partial charge in [0.05, 0.1) is 5.71 Å². The molecule has 2 unspecified atom stereocenters. The lowest BCUT2D eigenvalue weighted by Crippen LogP contribution is -2.45. The van der Waals surface area contributed by atoms with Crippen molar-refractivity contribution in [3.05, 3.63) is 0 Å². The number of nitrogens with zero attached hydrogens (tertiary/aromatic N) is 2.